The van der Waals surface area contributed by atoms with E-state index >= 15 is 0 Å². The molecule has 0 saturated carbocycles. The summed E-state index contributed by atoms with van der Waals surface area (Å²) in [7, 11) is 0. The smallest absolute Gasteiger partial charge is 0.0303 e. The maximum Gasteiger partial charge on any atom is 0.0303 e. The minimum atomic E-state index is 0.729. The summed E-state index contributed by atoms with van der Waals surface area (Å²) in [5, 5.41) is 3.65. The van der Waals surface area contributed by atoms with Gasteiger partial charge in [-0.05, 0) is 30.9 Å². The summed E-state index contributed by atoms with van der Waals surface area (Å²) in [4.78, 5) is 4.19. The van der Waals surface area contributed by atoms with Crippen molar-refractivity contribution in [1.29, 1.82) is 0 Å². The van der Waals surface area contributed by atoms with Crippen molar-refractivity contribution in [1.82, 2.24) is 10.3 Å². The zero-order valence-corrected chi connectivity index (χ0v) is 7.61. The molecule has 2 nitrogen and oxygen atoms in total. The Kier molecular flexibility index (Phi) is 1.62. The number of aromatic nitrogens is 1. The van der Waals surface area contributed by atoms with Gasteiger partial charge in [0.15, 0.2) is 0 Å². The quantitative estimate of drug-likeness (QED) is 0.700. The molecular formula is C11H14N2. The van der Waals surface area contributed by atoms with Gasteiger partial charge in [-0.3, -0.25) is 4.98 Å². The fourth-order valence-corrected chi connectivity index (χ4v) is 2.79. The van der Waals surface area contributed by atoms with Crippen LogP contribution in [0, 0.1) is 0 Å². The lowest BCUT2D eigenvalue weighted by Gasteiger charge is -2.19. The van der Waals surface area contributed by atoms with Gasteiger partial charge in [-0.15, -0.1) is 0 Å². The number of nitrogens with zero attached hydrogens (tertiary/aromatic N) is 1. The van der Waals surface area contributed by atoms with E-state index < -0.39 is 0 Å². The van der Waals surface area contributed by atoms with Gasteiger partial charge in [-0.2, -0.15) is 0 Å². The highest BCUT2D eigenvalue weighted by Gasteiger charge is 2.39. The molecule has 68 valence electrons. The Hall–Kier alpha value is -0.890. The summed E-state index contributed by atoms with van der Waals surface area (Å²) in [6.45, 7) is 0. The van der Waals surface area contributed by atoms with Crippen molar-refractivity contribution < 1.29 is 0 Å². The van der Waals surface area contributed by atoms with E-state index in [2.05, 4.69) is 16.4 Å². The van der Waals surface area contributed by atoms with Gasteiger partial charge in [-0.25, -0.2) is 0 Å². The monoisotopic (exact) mass is 174 g/mol. The summed E-state index contributed by atoms with van der Waals surface area (Å²) in [5.41, 5.74) is 1.42. The summed E-state index contributed by atoms with van der Waals surface area (Å²) in [6, 6.07) is 5.77. The van der Waals surface area contributed by atoms with Crippen molar-refractivity contribution in [3.8, 4) is 0 Å². The maximum atomic E-state index is 4.19. The molecule has 3 rings (SSSR count). The van der Waals surface area contributed by atoms with Crippen LogP contribution in [-0.2, 0) is 0 Å². The largest absolute Gasteiger partial charge is 0.311 e. The highest BCUT2D eigenvalue weighted by Crippen LogP contribution is 2.39. The summed E-state index contributed by atoms with van der Waals surface area (Å²) < 4.78 is 0. The molecule has 1 aromatic heterocycles. The van der Waals surface area contributed by atoms with Crippen molar-refractivity contribution in [2.45, 2.75) is 37.3 Å². The third-order valence-electron chi connectivity index (χ3n) is 3.41. The molecule has 0 amide bonds. The first kappa shape index (κ1) is 7.51. The highest BCUT2D eigenvalue weighted by molar-refractivity contribution is 5.21. The molecule has 0 aliphatic carbocycles. The Balaban J connectivity index is 1.87. The van der Waals surface area contributed by atoms with Crippen LogP contribution in [0.25, 0.3) is 0 Å². The number of nitrogens with one attached hydrogen (secondary N) is 1. The second-order valence-corrected chi connectivity index (χ2v) is 4.18. The van der Waals surface area contributed by atoms with E-state index in [0.717, 1.165) is 18.0 Å². The number of pyridine rings is 1. The Labute approximate surface area is 78.4 Å². The van der Waals surface area contributed by atoms with E-state index in [4.69, 9.17) is 0 Å². The Bertz CT molecular complexity index is 296. The van der Waals surface area contributed by atoms with Crippen LogP contribution >= 0.6 is 0 Å². The van der Waals surface area contributed by atoms with Crippen LogP contribution < -0.4 is 5.32 Å². The van der Waals surface area contributed by atoms with Crippen molar-refractivity contribution >= 4 is 0 Å². The third kappa shape index (κ3) is 1.17. The highest BCUT2D eigenvalue weighted by atomic mass is 15.0. The molecule has 2 aliphatic rings. The first-order valence-corrected chi connectivity index (χ1v) is 5.09. The molecule has 2 saturated heterocycles. The minimum absolute atomic E-state index is 0.729. The van der Waals surface area contributed by atoms with Crippen LogP contribution in [0.3, 0.4) is 0 Å². The van der Waals surface area contributed by atoms with E-state index in [0.29, 0.717) is 0 Å². The van der Waals surface area contributed by atoms with Crippen LogP contribution in [0.5, 0.6) is 0 Å². The van der Waals surface area contributed by atoms with Crippen molar-refractivity contribution in [2.75, 3.05) is 0 Å². The lowest BCUT2D eigenvalue weighted by molar-refractivity contribution is 0.505. The van der Waals surface area contributed by atoms with Crippen LogP contribution in [0.1, 0.15) is 30.7 Å². The normalized spacial score (nSPS) is 36.8. The van der Waals surface area contributed by atoms with Gasteiger partial charge < -0.3 is 5.32 Å². The molecule has 2 fully saturated rings. The van der Waals surface area contributed by atoms with Gasteiger partial charge in [0.2, 0.25) is 0 Å². The first-order chi connectivity index (χ1) is 6.43. The molecular weight excluding hydrogens is 160 g/mol. The van der Waals surface area contributed by atoms with Crippen LogP contribution in [0.4, 0.5) is 0 Å². The molecule has 1 N–H and O–H groups in total. The average Bonchev–Trinajstić information content (AvgIpc) is 2.80. The zero-order chi connectivity index (χ0) is 8.67. The van der Waals surface area contributed by atoms with E-state index in [1.807, 2.05) is 18.5 Å². The Morgan fingerprint density at radius 3 is 3.00 bits per heavy atom. The fraction of sp³-hybridized carbons (Fsp3) is 0.545. The Morgan fingerprint density at radius 1 is 1.38 bits per heavy atom. The second kappa shape index (κ2) is 2.81. The fourth-order valence-electron chi connectivity index (χ4n) is 2.79. The summed E-state index contributed by atoms with van der Waals surface area (Å²) in [5.74, 6) is 0.729. The lowest BCUT2D eigenvalue weighted by Crippen LogP contribution is -2.21. The number of rotatable bonds is 1. The molecule has 0 spiro atoms. The Morgan fingerprint density at radius 2 is 2.38 bits per heavy atom. The first-order valence-electron chi connectivity index (χ1n) is 5.09. The van der Waals surface area contributed by atoms with E-state index in [9.17, 15) is 0 Å². The maximum absolute atomic E-state index is 4.19. The molecule has 0 radical (unpaired) electrons. The molecule has 2 heteroatoms. The molecule has 0 unspecified atom stereocenters. The van der Waals surface area contributed by atoms with Gasteiger partial charge in [0.1, 0.15) is 0 Å². The molecule has 3 atom stereocenters. The topological polar surface area (TPSA) is 24.9 Å². The van der Waals surface area contributed by atoms with Gasteiger partial charge in [0.25, 0.3) is 0 Å². The second-order valence-electron chi connectivity index (χ2n) is 4.18. The predicted molar refractivity (Wildman–Crippen MR) is 51.5 cm³/mol. The SMILES string of the molecule is c1cncc([C@H]2C[C@@H]3CC[C@H]2N3)c1. The van der Waals surface area contributed by atoms with Crippen molar-refractivity contribution in [3.63, 3.8) is 0 Å². The predicted octanol–water partition coefficient (Wildman–Crippen LogP) is 1.69. The van der Waals surface area contributed by atoms with E-state index in [1.54, 1.807) is 0 Å². The van der Waals surface area contributed by atoms with Crippen LogP contribution in [0.2, 0.25) is 0 Å². The van der Waals surface area contributed by atoms with Crippen LogP contribution in [-0.4, -0.2) is 17.1 Å². The minimum Gasteiger partial charge on any atom is -0.311 e. The van der Waals surface area contributed by atoms with E-state index in [-0.39, 0.29) is 0 Å². The summed E-state index contributed by atoms with van der Waals surface area (Å²) in [6.07, 6.45) is 7.92. The number of fused-ring (bicyclic) bond motifs is 2. The van der Waals surface area contributed by atoms with Crippen molar-refractivity contribution in [2.24, 2.45) is 0 Å². The van der Waals surface area contributed by atoms with Gasteiger partial charge >= 0.3 is 0 Å². The molecule has 2 aliphatic heterocycles. The zero-order valence-electron chi connectivity index (χ0n) is 7.61. The van der Waals surface area contributed by atoms with Gasteiger partial charge in [0, 0.05) is 30.4 Å². The number of hydrogen-bond acceptors (Lipinski definition) is 2. The van der Waals surface area contributed by atoms with Crippen LogP contribution in [0.15, 0.2) is 24.5 Å². The van der Waals surface area contributed by atoms with Crippen molar-refractivity contribution in [3.05, 3.63) is 30.1 Å². The van der Waals surface area contributed by atoms with E-state index in [1.165, 1.54) is 24.8 Å². The lowest BCUT2D eigenvalue weighted by atomic mass is 9.85. The molecule has 2 bridgehead atoms. The standard InChI is InChI=1S/C11H14N2/c1-2-8(7-12-5-1)10-6-9-3-4-11(10)13-9/h1-2,5,7,9-11,13H,3-4,6H2/t9-,10+,11+/m0/s1. The third-order valence-corrected chi connectivity index (χ3v) is 3.41. The summed E-state index contributed by atoms with van der Waals surface area (Å²) >= 11 is 0. The average molecular weight is 174 g/mol. The molecule has 1 aromatic rings. The molecule has 3 heterocycles. The van der Waals surface area contributed by atoms with Gasteiger partial charge in [-0.1, -0.05) is 6.07 Å². The molecule has 13 heavy (non-hydrogen) atoms. The van der Waals surface area contributed by atoms with Gasteiger partial charge in [0.05, 0.1) is 0 Å². The number of hydrogen-bond donors (Lipinski definition) is 1. The molecule has 0 aromatic carbocycles.